The summed E-state index contributed by atoms with van der Waals surface area (Å²) in [4.78, 5) is 51.6. The molecule has 13 heteroatoms. The number of benzene rings is 1. The Bertz CT molecular complexity index is 1690. The Kier molecular flexibility index (Phi) is 11.4. The van der Waals surface area contributed by atoms with Crippen molar-refractivity contribution in [3.8, 4) is 22.9 Å². The predicted molar refractivity (Wildman–Crippen MR) is 176 cm³/mol. The molecule has 2 bridgehead atoms. The minimum atomic E-state index is -0.521. The third-order valence-electron chi connectivity index (χ3n) is 8.50. The highest BCUT2D eigenvalue weighted by molar-refractivity contribution is 5.94. The monoisotopic (exact) mass is 658 g/mol. The maximum Gasteiger partial charge on any atom is 0.339 e. The van der Waals surface area contributed by atoms with Crippen LogP contribution in [0, 0.1) is 13.8 Å². The largest absolute Gasteiger partial charge is 0.493 e. The smallest absolute Gasteiger partial charge is 0.339 e. The van der Waals surface area contributed by atoms with E-state index in [0.29, 0.717) is 82.9 Å². The first-order chi connectivity index (χ1) is 23.3. The van der Waals surface area contributed by atoms with Crippen molar-refractivity contribution in [2.24, 2.45) is 0 Å². The van der Waals surface area contributed by atoms with Crippen LogP contribution in [0.25, 0.3) is 11.4 Å². The zero-order chi connectivity index (χ0) is 34.0. The maximum absolute atomic E-state index is 13.7. The number of carbonyl (C=O) groups excluding carboxylic acids is 3. The molecule has 0 fully saturated rings. The highest BCUT2D eigenvalue weighted by atomic mass is 16.5. The lowest BCUT2D eigenvalue weighted by Gasteiger charge is -2.25. The first-order valence-corrected chi connectivity index (χ1v) is 16.1. The molecule has 3 aromatic heterocycles. The maximum atomic E-state index is 13.7. The number of aryl methyl sites for hydroxylation is 2. The van der Waals surface area contributed by atoms with E-state index in [1.165, 1.54) is 25.4 Å². The van der Waals surface area contributed by atoms with Gasteiger partial charge in [0.25, 0.3) is 5.91 Å². The Morgan fingerprint density at radius 3 is 2.42 bits per heavy atom. The van der Waals surface area contributed by atoms with Gasteiger partial charge in [-0.2, -0.15) is 0 Å². The number of hydrogen-bond acceptors (Lipinski definition) is 10. The lowest BCUT2D eigenvalue weighted by molar-refractivity contribution is -0.131. The van der Waals surface area contributed by atoms with Gasteiger partial charge in [0, 0.05) is 68.9 Å². The fourth-order valence-corrected chi connectivity index (χ4v) is 5.80. The average molecular weight is 659 g/mol. The van der Waals surface area contributed by atoms with Crippen molar-refractivity contribution >= 4 is 17.8 Å². The first kappa shape index (κ1) is 34.1. The summed E-state index contributed by atoms with van der Waals surface area (Å²) in [5.41, 5.74) is 3.10. The fourth-order valence-electron chi connectivity index (χ4n) is 5.80. The molecule has 0 saturated heterocycles. The topological polar surface area (TPSA) is 142 Å². The summed E-state index contributed by atoms with van der Waals surface area (Å²) in [5.74, 6) is 1.92. The van der Waals surface area contributed by atoms with Crippen LogP contribution in [0.4, 0.5) is 0 Å². The van der Waals surface area contributed by atoms with Crippen LogP contribution in [0.3, 0.4) is 0 Å². The summed E-state index contributed by atoms with van der Waals surface area (Å²) in [5, 5.41) is 4.02. The average Bonchev–Trinajstić information content (AvgIpc) is 3.71. The summed E-state index contributed by atoms with van der Waals surface area (Å²) in [6.45, 7) is 6.53. The quantitative estimate of drug-likeness (QED) is 0.272. The number of fused-ring (bicyclic) bond motifs is 4. The zero-order valence-corrected chi connectivity index (χ0v) is 27.9. The van der Waals surface area contributed by atoms with Gasteiger partial charge in [-0.1, -0.05) is 5.16 Å². The normalized spacial score (nSPS) is 14.4. The van der Waals surface area contributed by atoms with Crippen molar-refractivity contribution in [1.82, 2.24) is 29.5 Å². The molecule has 13 nitrogen and oxygen atoms in total. The molecule has 4 aromatic rings. The van der Waals surface area contributed by atoms with Gasteiger partial charge >= 0.3 is 5.97 Å². The molecule has 0 N–H and O–H groups in total. The van der Waals surface area contributed by atoms with E-state index in [2.05, 4.69) is 15.1 Å². The molecular weight excluding hydrogens is 616 g/mol. The highest BCUT2D eigenvalue weighted by Crippen LogP contribution is 2.32. The van der Waals surface area contributed by atoms with Crippen molar-refractivity contribution < 1.29 is 33.1 Å². The van der Waals surface area contributed by atoms with Crippen molar-refractivity contribution in [2.45, 2.75) is 52.5 Å². The Balaban J connectivity index is 1.37. The van der Waals surface area contributed by atoms with E-state index < -0.39 is 5.97 Å². The molecule has 1 aliphatic rings. The molecule has 48 heavy (non-hydrogen) atoms. The van der Waals surface area contributed by atoms with E-state index in [1.54, 1.807) is 18.2 Å². The Hall–Kier alpha value is -5.20. The van der Waals surface area contributed by atoms with Crippen molar-refractivity contribution in [3.05, 3.63) is 77.2 Å². The molecular formula is C35H42N6O7. The van der Waals surface area contributed by atoms with Gasteiger partial charge in [0.05, 0.1) is 32.1 Å². The summed E-state index contributed by atoms with van der Waals surface area (Å²) in [7, 11) is 2.90. The summed E-state index contributed by atoms with van der Waals surface area (Å²) < 4.78 is 23.8. The molecule has 1 aliphatic heterocycles. The van der Waals surface area contributed by atoms with Crippen LogP contribution in [0.15, 0.2) is 53.4 Å². The van der Waals surface area contributed by atoms with Crippen molar-refractivity contribution in [2.75, 3.05) is 47.0 Å². The lowest BCUT2D eigenvalue weighted by atomic mass is 10.1. The lowest BCUT2D eigenvalue weighted by Crippen LogP contribution is -2.37. The van der Waals surface area contributed by atoms with E-state index in [-0.39, 0.29) is 23.1 Å². The van der Waals surface area contributed by atoms with E-state index >= 15 is 0 Å². The molecule has 1 aromatic carbocycles. The summed E-state index contributed by atoms with van der Waals surface area (Å²) >= 11 is 0. The van der Waals surface area contributed by atoms with Gasteiger partial charge in [-0.3, -0.25) is 14.6 Å². The van der Waals surface area contributed by atoms with Gasteiger partial charge in [0.2, 0.25) is 5.91 Å². The number of hydrogen-bond donors (Lipinski definition) is 0. The van der Waals surface area contributed by atoms with Crippen LogP contribution < -0.4 is 9.47 Å². The van der Waals surface area contributed by atoms with E-state index in [1.807, 2.05) is 47.7 Å². The predicted octanol–water partition coefficient (Wildman–Crippen LogP) is 4.51. The van der Waals surface area contributed by atoms with Crippen LogP contribution >= 0.6 is 0 Å². The number of aromatic nitrogens is 4. The number of ether oxygens (including phenoxy) is 3. The minimum absolute atomic E-state index is 0.0424. The van der Waals surface area contributed by atoms with E-state index in [0.717, 1.165) is 28.4 Å². The van der Waals surface area contributed by atoms with Gasteiger partial charge in [-0.25, -0.2) is 9.78 Å². The number of imidazole rings is 1. The number of esters is 1. The molecule has 0 radical (unpaired) electrons. The van der Waals surface area contributed by atoms with Crippen molar-refractivity contribution in [1.29, 1.82) is 0 Å². The first-order valence-electron chi connectivity index (χ1n) is 16.1. The highest BCUT2D eigenvalue weighted by Gasteiger charge is 2.21. The standard InChI is InChI=1S/C35H42N6O7/c1-24-28(25(2)48-38-24)10-13-32(42)39-15-5-6-16-41(34(43)29-11-8-27(23-37-29)35(44)46-4)20-19-40-18-14-36-33(40)26-9-12-30(45-3)31(22-26)47-21-7-17-39/h8-9,11-12,14,18,22-23H,5-7,10,13,15-17,19-21H2,1-4H3. The number of pyridine rings is 1. The molecule has 5 rings (SSSR count). The van der Waals surface area contributed by atoms with Gasteiger partial charge in [-0.15, -0.1) is 0 Å². The fraction of sp³-hybridized carbons (Fsp3) is 0.429. The molecule has 0 spiro atoms. The SMILES string of the molecule is COC(=O)c1ccc(C(=O)N2CCCCN(C(=O)CCc3c(C)noc3C)CCCOc3cc(ccc3OC)-c3nccn3CC2)nc1. The van der Waals surface area contributed by atoms with Crippen LogP contribution in [-0.4, -0.2) is 94.3 Å². The van der Waals surface area contributed by atoms with Crippen molar-refractivity contribution in [3.63, 3.8) is 0 Å². The Morgan fingerprint density at radius 1 is 0.917 bits per heavy atom. The number of amides is 2. The van der Waals surface area contributed by atoms with Crippen LogP contribution in [0.5, 0.6) is 11.5 Å². The molecule has 0 aliphatic carbocycles. The van der Waals surface area contributed by atoms with Crippen LogP contribution in [-0.2, 0) is 22.5 Å². The third-order valence-corrected chi connectivity index (χ3v) is 8.50. The van der Waals surface area contributed by atoms with Crippen LogP contribution in [0.2, 0.25) is 0 Å². The van der Waals surface area contributed by atoms with E-state index in [9.17, 15) is 14.4 Å². The molecule has 0 unspecified atom stereocenters. The second-order valence-corrected chi connectivity index (χ2v) is 11.6. The molecule has 2 amide bonds. The number of rotatable bonds is 6. The molecule has 254 valence electrons. The summed E-state index contributed by atoms with van der Waals surface area (Å²) in [6.07, 6.45) is 7.84. The Labute approximate surface area is 279 Å². The zero-order valence-electron chi connectivity index (χ0n) is 27.9. The van der Waals surface area contributed by atoms with Gasteiger partial charge in [0.1, 0.15) is 17.3 Å². The number of carbonyl (C=O) groups is 3. The van der Waals surface area contributed by atoms with E-state index in [4.69, 9.17) is 18.7 Å². The van der Waals surface area contributed by atoms with Gasteiger partial charge in [0.15, 0.2) is 11.5 Å². The van der Waals surface area contributed by atoms with Crippen LogP contribution in [0.1, 0.15) is 63.5 Å². The Morgan fingerprint density at radius 2 is 1.71 bits per heavy atom. The molecule has 0 saturated carbocycles. The summed E-state index contributed by atoms with van der Waals surface area (Å²) in [6, 6.07) is 8.75. The van der Waals surface area contributed by atoms with Gasteiger partial charge in [-0.05, 0) is 69.9 Å². The third kappa shape index (κ3) is 8.20. The second kappa shape index (κ2) is 16.1. The number of nitrogens with zero attached hydrogens (tertiary/aromatic N) is 6. The molecule has 4 heterocycles. The molecule has 0 atom stereocenters. The van der Waals surface area contributed by atoms with Gasteiger partial charge < -0.3 is 33.1 Å². The minimum Gasteiger partial charge on any atom is -0.493 e. The number of methoxy groups -OCH3 is 2. The second-order valence-electron chi connectivity index (χ2n) is 11.6.